The molecule has 0 heterocycles. The molecular weight excluding hydrogens is 308 g/mol. The van der Waals surface area contributed by atoms with Gasteiger partial charge < -0.3 is 20.0 Å². The van der Waals surface area contributed by atoms with Crippen LogP contribution in [0.15, 0.2) is 59.8 Å². The van der Waals surface area contributed by atoms with Crippen LogP contribution in [-0.4, -0.2) is 26.0 Å². The smallest absolute Gasteiger partial charge is 0.358 e. The van der Waals surface area contributed by atoms with E-state index in [4.69, 9.17) is 20.0 Å². The van der Waals surface area contributed by atoms with Crippen LogP contribution in [0.25, 0.3) is 6.08 Å². The molecule has 2 rings (SSSR count). The van der Waals surface area contributed by atoms with Crippen molar-refractivity contribution in [2.75, 3.05) is 14.2 Å². The quantitative estimate of drug-likeness (QED) is 0.290. The molecule has 0 fully saturated rings. The zero-order chi connectivity index (χ0) is 17.4. The minimum Gasteiger partial charge on any atom is -0.493 e. The molecule has 0 spiro atoms. The van der Waals surface area contributed by atoms with E-state index in [1.54, 1.807) is 50.6 Å². The minimum absolute atomic E-state index is 0.128. The second-order valence-corrected chi connectivity index (χ2v) is 4.70. The number of ether oxygens (including phenoxy) is 2. The van der Waals surface area contributed by atoms with Gasteiger partial charge in [0.25, 0.3) is 0 Å². The Bertz CT molecular complexity index is 755. The summed E-state index contributed by atoms with van der Waals surface area (Å²) in [4.78, 5) is 16.5. The molecule has 2 N–H and O–H groups in total. The van der Waals surface area contributed by atoms with E-state index in [0.29, 0.717) is 17.1 Å². The van der Waals surface area contributed by atoms with Gasteiger partial charge in [-0.25, -0.2) is 4.79 Å². The van der Waals surface area contributed by atoms with Crippen LogP contribution in [-0.2, 0) is 9.63 Å². The largest absolute Gasteiger partial charge is 0.493 e. The normalized spacial score (nSPS) is 11.3. The van der Waals surface area contributed by atoms with Gasteiger partial charge in [-0.2, -0.15) is 0 Å². The van der Waals surface area contributed by atoms with Crippen LogP contribution in [0.4, 0.5) is 0 Å². The Kier molecular flexibility index (Phi) is 5.96. The molecule has 0 bridgehead atoms. The van der Waals surface area contributed by atoms with E-state index < -0.39 is 5.97 Å². The molecule has 0 amide bonds. The average Bonchev–Trinajstić information content (AvgIpc) is 2.64. The molecule has 0 saturated carbocycles. The zero-order valence-corrected chi connectivity index (χ0v) is 13.4. The van der Waals surface area contributed by atoms with E-state index in [2.05, 4.69) is 5.16 Å². The fraction of sp³-hybridized carbons (Fsp3) is 0.111. The molecule has 0 atom stereocenters. The molecule has 124 valence electrons. The summed E-state index contributed by atoms with van der Waals surface area (Å²) < 4.78 is 10.3. The Morgan fingerprint density at radius 3 is 2.42 bits per heavy atom. The lowest BCUT2D eigenvalue weighted by atomic mass is 10.2. The topological polar surface area (TPSA) is 83.1 Å². The van der Waals surface area contributed by atoms with Gasteiger partial charge in [0, 0.05) is 11.6 Å². The van der Waals surface area contributed by atoms with Crippen molar-refractivity contribution in [1.29, 1.82) is 0 Å². The first kappa shape index (κ1) is 17.1. The van der Waals surface area contributed by atoms with E-state index in [1.807, 2.05) is 18.2 Å². The zero-order valence-electron chi connectivity index (χ0n) is 13.4. The third-order valence-corrected chi connectivity index (χ3v) is 3.12. The molecule has 6 heteroatoms. The van der Waals surface area contributed by atoms with Gasteiger partial charge in [0.15, 0.2) is 17.3 Å². The molecule has 0 radical (unpaired) electrons. The average molecular weight is 326 g/mol. The van der Waals surface area contributed by atoms with Crippen molar-refractivity contribution < 1.29 is 19.1 Å². The highest BCUT2D eigenvalue weighted by Crippen LogP contribution is 2.27. The number of carbonyl (C=O) groups is 1. The number of nitrogens with two attached hydrogens (primary N) is 1. The highest BCUT2D eigenvalue weighted by molar-refractivity contribution is 5.97. The molecule has 0 aliphatic carbocycles. The number of hydrogen-bond acceptors (Lipinski definition) is 5. The monoisotopic (exact) mass is 326 g/mol. The van der Waals surface area contributed by atoms with Crippen molar-refractivity contribution in [3.8, 4) is 11.5 Å². The maximum absolute atomic E-state index is 11.7. The third-order valence-electron chi connectivity index (χ3n) is 3.12. The molecule has 0 unspecified atom stereocenters. The van der Waals surface area contributed by atoms with Crippen molar-refractivity contribution >= 4 is 17.9 Å². The number of benzene rings is 2. The molecule has 0 aliphatic heterocycles. The number of hydrogen-bond donors (Lipinski definition) is 1. The Labute approximate surface area is 140 Å². The Hall–Kier alpha value is -3.28. The van der Waals surface area contributed by atoms with Crippen LogP contribution in [0.3, 0.4) is 0 Å². The summed E-state index contributed by atoms with van der Waals surface area (Å²) in [6, 6.07) is 14.3. The standard InChI is InChI=1S/C18H18N2O4/c1-22-15-10-8-13(12-16(15)23-2)9-11-17(21)24-20-18(19)14-6-4-3-5-7-14/h3-12H,1-2H3,(H2,19,20). The molecule has 0 aliphatic rings. The second-order valence-electron chi connectivity index (χ2n) is 4.70. The molecule has 2 aromatic rings. The Morgan fingerprint density at radius 2 is 1.75 bits per heavy atom. The summed E-state index contributed by atoms with van der Waals surface area (Å²) in [5.41, 5.74) is 7.17. The van der Waals surface area contributed by atoms with Crippen LogP contribution in [0.1, 0.15) is 11.1 Å². The number of nitrogens with zero attached hydrogens (tertiary/aromatic N) is 1. The van der Waals surface area contributed by atoms with Crippen molar-refractivity contribution in [1.82, 2.24) is 0 Å². The van der Waals surface area contributed by atoms with E-state index in [9.17, 15) is 4.79 Å². The van der Waals surface area contributed by atoms with Crippen molar-refractivity contribution in [3.05, 3.63) is 65.7 Å². The second kappa shape index (κ2) is 8.38. The van der Waals surface area contributed by atoms with Gasteiger partial charge in [-0.15, -0.1) is 0 Å². The highest BCUT2D eigenvalue weighted by atomic mass is 16.7. The maximum atomic E-state index is 11.7. The molecule has 6 nitrogen and oxygen atoms in total. The van der Waals surface area contributed by atoms with Gasteiger partial charge in [0.2, 0.25) is 0 Å². The first-order valence-electron chi connectivity index (χ1n) is 7.14. The Balaban J connectivity index is 2.00. The number of oxime groups is 1. The number of methoxy groups -OCH3 is 2. The minimum atomic E-state index is -0.635. The van der Waals surface area contributed by atoms with Gasteiger partial charge >= 0.3 is 5.97 Å². The summed E-state index contributed by atoms with van der Waals surface area (Å²) in [7, 11) is 3.10. The van der Waals surface area contributed by atoms with E-state index in [-0.39, 0.29) is 5.84 Å². The number of carbonyl (C=O) groups excluding carboxylic acids is 1. The van der Waals surface area contributed by atoms with Gasteiger partial charge in [-0.05, 0) is 23.8 Å². The molecule has 0 aromatic heterocycles. The lowest BCUT2D eigenvalue weighted by Crippen LogP contribution is -2.14. The van der Waals surface area contributed by atoms with Crippen LogP contribution in [0.5, 0.6) is 11.5 Å². The van der Waals surface area contributed by atoms with Crippen LogP contribution >= 0.6 is 0 Å². The van der Waals surface area contributed by atoms with Gasteiger partial charge in [-0.3, -0.25) is 0 Å². The van der Waals surface area contributed by atoms with Crippen LogP contribution in [0, 0.1) is 0 Å². The van der Waals surface area contributed by atoms with Crippen LogP contribution < -0.4 is 15.2 Å². The first-order chi connectivity index (χ1) is 11.6. The van der Waals surface area contributed by atoms with Crippen molar-refractivity contribution in [2.45, 2.75) is 0 Å². The van der Waals surface area contributed by atoms with Gasteiger partial charge in [0.1, 0.15) is 0 Å². The predicted molar refractivity (Wildman–Crippen MR) is 91.8 cm³/mol. The fourth-order valence-corrected chi connectivity index (χ4v) is 1.91. The molecule has 2 aromatic carbocycles. The van der Waals surface area contributed by atoms with Crippen LogP contribution in [0.2, 0.25) is 0 Å². The van der Waals surface area contributed by atoms with E-state index >= 15 is 0 Å². The lowest BCUT2D eigenvalue weighted by molar-refractivity contribution is -0.137. The molecular formula is C18H18N2O4. The summed E-state index contributed by atoms with van der Waals surface area (Å²) in [5, 5.41) is 3.62. The number of amidine groups is 1. The lowest BCUT2D eigenvalue weighted by Gasteiger charge is -2.07. The van der Waals surface area contributed by atoms with E-state index in [1.165, 1.54) is 6.08 Å². The predicted octanol–water partition coefficient (Wildman–Crippen LogP) is 2.58. The third kappa shape index (κ3) is 4.61. The molecule has 0 saturated heterocycles. The summed E-state index contributed by atoms with van der Waals surface area (Å²) in [6.07, 6.45) is 2.83. The van der Waals surface area contributed by atoms with Gasteiger partial charge in [0.05, 0.1) is 14.2 Å². The van der Waals surface area contributed by atoms with Crippen molar-refractivity contribution in [2.24, 2.45) is 10.9 Å². The van der Waals surface area contributed by atoms with E-state index in [0.717, 1.165) is 5.56 Å². The van der Waals surface area contributed by atoms with Crippen molar-refractivity contribution in [3.63, 3.8) is 0 Å². The first-order valence-corrected chi connectivity index (χ1v) is 7.14. The highest BCUT2D eigenvalue weighted by Gasteiger charge is 2.04. The Morgan fingerprint density at radius 1 is 1.04 bits per heavy atom. The molecule has 24 heavy (non-hydrogen) atoms. The summed E-state index contributed by atoms with van der Waals surface area (Å²) in [6.45, 7) is 0. The maximum Gasteiger partial charge on any atom is 0.358 e. The fourth-order valence-electron chi connectivity index (χ4n) is 1.91. The summed E-state index contributed by atoms with van der Waals surface area (Å²) in [5.74, 6) is 0.670. The van der Waals surface area contributed by atoms with Gasteiger partial charge in [-0.1, -0.05) is 41.6 Å². The summed E-state index contributed by atoms with van der Waals surface area (Å²) >= 11 is 0. The number of rotatable bonds is 6. The SMILES string of the molecule is COc1ccc(C=CC(=O)ON=C(N)c2ccccc2)cc1OC.